The molecule has 8 rings (SSSR count). The number of methoxy groups -OCH3 is 3. The first kappa shape index (κ1) is 85.2. The fraction of sp³-hybridized carbons (Fsp3) is 0.525. The van der Waals surface area contributed by atoms with E-state index in [1.807, 2.05) is 51.2 Å². The van der Waals surface area contributed by atoms with Gasteiger partial charge in [-0.15, -0.1) is 0 Å². The maximum atomic E-state index is 14.5. The molecule has 15 atom stereocenters. The number of cyclic esters (lactones) is 1. The zero-order valence-electron chi connectivity index (χ0n) is 62.4. The minimum absolute atomic E-state index is 0.00697. The number of Topliss-reactive ketones (excluding diaryl/α,β-unsaturated/α-hetero) is 3. The molecule has 10 N–H and O–H groups in total. The zero-order valence-corrected chi connectivity index (χ0v) is 62.4. The summed E-state index contributed by atoms with van der Waals surface area (Å²) in [5.41, 5.74) is -0.788. The van der Waals surface area contributed by atoms with Gasteiger partial charge in [0.2, 0.25) is 5.79 Å². The van der Waals surface area contributed by atoms with E-state index >= 15 is 0 Å². The molecule has 0 spiro atoms. The number of ether oxygens (including phenoxy) is 8. The Balaban J connectivity index is 0.000000387. The van der Waals surface area contributed by atoms with Crippen LogP contribution in [0.25, 0.3) is 10.8 Å². The number of benzene rings is 4. The van der Waals surface area contributed by atoms with Gasteiger partial charge in [0.05, 0.1) is 42.7 Å². The lowest BCUT2D eigenvalue weighted by Crippen LogP contribution is -2.61. The van der Waals surface area contributed by atoms with Crippen LogP contribution < -0.4 is 9.47 Å². The highest BCUT2D eigenvalue weighted by molar-refractivity contribution is 6.39. The highest BCUT2D eigenvalue weighted by atomic mass is 16.6. The minimum atomic E-state index is -2.47. The van der Waals surface area contributed by atoms with Gasteiger partial charge in [0.25, 0.3) is 11.7 Å². The van der Waals surface area contributed by atoms with E-state index in [0.717, 1.165) is 34.7 Å². The average molecular weight is 1490 g/mol. The molecule has 3 fully saturated rings. The smallest absolute Gasteiger partial charge is 0.343 e. The van der Waals surface area contributed by atoms with Crippen molar-refractivity contribution >= 4 is 57.9 Å². The number of phenolic OH excluding ortho intramolecular Hbond substituents is 6. The van der Waals surface area contributed by atoms with Crippen LogP contribution in [0.1, 0.15) is 153 Å². The fourth-order valence-corrected chi connectivity index (χ4v) is 13.9. The molecule has 1 saturated carbocycles. The molecule has 27 nitrogen and oxygen atoms in total. The Morgan fingerprint density at radius 2 is 1.34 bits per heavy atom. The van der Waals surface area contributed by atoms with Gasteiger partial charge in [-0.2, -0.15) is 0 Å². The summed E-state index contributed by atoms with van der Waals surface area (Å²) in [6.45, 7) is 12.7. The number of hydrogen-bond donors (Lipinski definition) is 10. The number of fused-ring (bicyclic) bond motifs is 4. The summed E-state index contributed by atoms with van der Waals surface area (Å²) in [4.78, 5) is 111. The molecule has 27 heteroatoms. The third-order valence-corrected chi connectivity index (χ3v) is 20.7. The van der Waals surface area contributed by atoms with Crippen molar-refractivity contribution in [1.82, 2.24) is 4.90 Å². The molecule has 584 valence electrons. The Labute approximate surface area is 622 Å². The van der Waals surface area contributed by atoms with Crippen molar-refractivity contribution < 1.29 is 127 Å². The van der Waals surface area contributed by atoms with Crippen LogP contribution in [0.5, 0.6) is 46.0 Å². The predicted molar refractivity (Wildman–Crippen MR) is 388 cm³/mol. The van der Waals surface area contributed by atoms with Gasteiger partial charge in [-0.3, -0.25) is 24.0 Å². The lowest BCUT2D eigenvalue weighted by Gasteiger charge is -2.42. The van der Waals surface area contributed by atoms with E-state index < -0.39 is 167 Å². The maximum absolute atomic E-state index is 14.5. The number of piperidine rings is 1. The van der Waals surface area contributed by atoms with Crippen LogP contribution in [0.2, 0.25) is 0 Å². The average Bonchev–Trinajstić information content (AvgIpc) is 0.783. The number of aromatic hydroxyl groups is 6. The van der Waals surface area contributed by atoms with Gasteiger partial charge in [-0.05, 0) is 150 Å². The van der Waals surface area contributed by atoms with E-state index in [1.54, 1.807) is 65.1 Å². The quantitative estimate of drug-likeness (QED) is 0.0185. The van der Waals surface area contributed by atoms with Crippen molar-refractivity contribution in [3.8, 4) is 46.0 Å². The van der Waals surface area contributed by atoms with E-state index in [4.69, 9.17) is 37.9 Å². The first-order chi connectivity index (χ1) is 50.6. The van der Waals surface area contributed by atoms with Crippen molar-refractivity contribution in [1.29, 1.82) is 0 Å². The van der Waals surface area contributed by atoms with Crippen LogP contribution in [0.4, 0.5) is 0 Å². The number of ketones is 3. The fourth-order valence-electron chi connectivity index (χ4n) is 13.9. The monoisotopic (exact) mass is 1490 g/mol. The molecule has 3 heterocycles. The highest BCUT2D eigenvalue weighted by Crippen LogP contribution is 2.42. The van der Waals surface area contributed by atoms with Crippen molar-refractivity contribution in [3.63, 3.8) is 0 Å². The number of amides is 1. The van der Waals surface area contributed by atoms with E-state index in [2.05, 4.69) is 0 Å². The Hall–Kier alpha value is -9.06. The topological polar surface area (TPSA) is 416 Å². The molecule has 0 unspecified atom stereocenters. The minimum Gasteiger partial charge on any atom is -0.504 e. The van der Waals surface area contributed by atoms with E-state index in [-0.39, 0.29) is 65.4 Å². The molecule has 1 amide bonds. The number of allylic oxidation sites excluding steroid dienone is 6. The number of esters is 4. The molecule has 1 aliphatic carbocycles. The number of carbonyl (C=O) groups excluding carboxylic acids is 8. The number of aliphatic hydroxyl groups excluding tert-OH is 3. The predicted octanol–water partition coefficient (Wildman–Crippen LogP) is 9.23. The normalized spacial score (nSPS) is 28.9. The summed E-state index contributed by atoms with van der Waals surface area (Å²) in [5.74, 6) is -15.9. The Morgan fingerprint density at radius 1 is 0.710 bits per heavy atom. The number of rotatable bonds is 14. The Bertz CT molecular complexity index is 3920. The molecular weight excluding hydrogens is 1390 g/mol. The highest BCUT2D eigenvalue weighted by Gasteiger charge is 2.53. The molecule has 4 aromatic rings. The summed E-state index contributed by atoms with van der Waals surface area (Å²) in [6, 6.07) is 11.9. The molecule has 4 aliphatic rings. The van der Waals surface area contributed by atoms with Crippen LogP contribution in [-0.4, -0.2) is 199 Å². The summed E-state index contributed by atoms with van der Waals surface area (Å²) in [6.07, 6.45) is 9.76. The molecule has 4 aromatic carbocycles. The summed E-state index contributed by atoms with van der Waals surface area (Å²) < 4.78 is 46.1. The van der Waals surface area contributed by atoms with Gasteiger partial charge in [-0.1, -0.05) is 95.3 Å². The van der Waals surface area contributed by atoms with Gasteiger partial charge in [0.15, 0.2) is 40.3 Å². The maximum Gasteiger partial charge on any atom is 0.343 e. The summed E-state index contributed by atoms with van der Waals surface area (Å²) in [7, 11) is 4.43. The summed E-state index contributed by atoms with van der Waals surface area (Å²) in [5, 5.41) is 102. The van der Waals surface area contributed by atoms with Gasteiger partial charge >= 0.3 is 23.9 Å². The molecule has 0 radical (unpaired) electrons. The molecule has 107 heavy (non-hydrogen) atoms. The van der Waals surface area contributed by atoms with Gasteiger partial charge in [0, 0.05) is 69.9 Å². The van der Waals surface area contributed by atoms with E-state index in [9.17, 15) is 89.4 Å². The van der Waals surface area contributed by atoms with Crippen molar-refractivity contribution in [2.75, 3.05) is 41.1 Å². The number of hydrogen-bond acceptors (Lipinski definition) is 26. The lowest BCUT2D eigenvalue weighted by molar-refractivity contribution is -0.265. The second kappa shape index (κ2) is 38.1. The van der Waals surface area contributed by atoms with Crippen LogP contribution in [0.3, 0.4) is 0 Å². The number of phenols is 6. The van der Waals surface area contributed by atoms with Crippen molar-refractivity contribution in [3.05, 3.63) is 119 Å². The molecule has 0 aromatic heterocycles. The zero-order chi connectivity index (χ0) is 78.9. The third-order valence-electron chi connectivity index (χ3n) is 20.7. The van der Waals surface area contributed by atoms with Gasteiger partial charge < -0.3 is 93.9 Å². The molecule has 2 saturated heterocycles. The SMILES string of the molecule is CO[C@H]1C[C@@H]2CC[C@@H](C)[C@@](O)(O2)C(=O)C(=O)N2CCCC[C@H]2C(=O)O[C@H]([C@H](C)C[C@@H]2CC[C@@H](OC(=O)C(C)(CO)CO)[C@H](OC)C2)CC(=O)[C@H](C)/C=C(\C)[C@@H](O)[C@@H](OC)C(=O)[C@H](C)C[C@H](C)/C=C/C=C/C=C/1C.O=C(Oc1cc(OC(=O)c2cc(O)c(O)c(O)c2)c2ccccc2c1)c1cc(O)c(O)c(O)c1. The van der Waals surface area contributed by atoms with Crippen LogP contribution in [0.15, 0.2) is 108 Å². The van der Waals surface area contributed by atoms with Crippen molar-refractivity contribution in [2.45, 2.75) is 187 Å². The van der Waals surface area contributed by atoms with Gasteiger partial charge in [-0.25, -0.2) is 14.4 Å². The van der Waals surface area contributed by atoms with E-state index in [1.165, 1.54) is 33.3 Å². The van der Waals surface area contributed by atoms with Gasteiger partial charge in [0.1, 0.15) is 53.2 Å². The van der Waals surface area contributed by atoms with E-state index in [0.29, 0.717) is 80.6 Å². The van der Waals surface area contributed by atoms with Crippen LogP contribution in [0, 0.1) is 40.9 Å². The van der Waals surface area contributed by atoms with Crippen LogP contribution >= 0.6 is 0 Å². The number of carbonyl (C=O) groups is 8. The largest absolute Gasteiger partial charge is 0.504 e. The number of nitrogens with zero attached hydrogens (tertiary/aromatic N) is 1. The molecule has 2 bridgehead atoms. The molecule has 3 aliphatic heterocycles. The Kier molecular flexibility index (Phi) is 30.4. The first-order valence-corrected chi connectivity index (χ1v) is 36.0. The third kappa shape index (κ3) is 21.4. The second-order valence-electron chi connectivity index (χ2n) is 29.0. The lowest BCUT2D eigenvalue weighted by atomic mass is 9.78. The Morgan fingerprint density at radius 3 is 1.94 bits per heavy atom. The van der Waals surface area contributed by atoms with Crippen molar-refractivity contribution in [2.24, 2.45) is 40.9 Å². The summed E-state index contributed by atoms with van der Waals surface area (Å²) >= 11 is 0. The number of aliphatic hydroxyl groups is 4. The standard InChI is InChI=1S/C56H87NO16.C24H16O10/c1-33-17-13-12-14-18-34(2)45(68-9)29-41-22-20-39(7)56(67,73-41)51(63)52(64)57-24-16-15-19-42(57)53(65)71-46(30-43(60)35(3)26-38(6)49(62)50(70-11)48(61)37(5)25-33)36(4)27-40-21-23-44(47(28-40)69-10)72-54(66)55(8,31-58)32-59;25-16-6-12(7-17(26)21(16)29)23(31)33-14-5-11-3-1-2-4-15(11)20(10-14)34-24(32)13-8-18(27)22(30)19(28)9-13/h12-14,17-18,26,33,35-37,39-42,44-47,49-50,58-59,62,67H,15-16,19-25,27-32H2,1-11H3;1-10,25-30H/b14-12+,17-13+,34-18+,38-26+;/t33-,35-,36-,37-,39-,40+,41+,42+,44-,45+,46+,47-,49-,50+,56-;/m1./s1. The molecular formula is C80H103NO26. The first-order valence-electron chi connectivity index (χ1n) is 36.0. The van der Waals surface area contributed by atoms with Crippen LogP contribution in [-0.2, 0) is 57.2 Å². The second-order valence-corrected chi connectivity index (χ2v) is 29.0.